The Bertz CT molecular complexity index is 587. The SMILES string of the molecule is CCCn1ncc(Cl)c1C(O)c1c(C)oc(C)c1C. The number of aliphatic hydroxyl groups excluding tert-OH is 1. The van der Waals surface area contributed by atoms with Crippen LogP contribution >= 0.6 is 11.6 Å². The summed E-state index contributed by atoms with van der Waals surface area (Å²) in [6.07, 6.45) is 1.70. The second-order valence-corrected chi connectivity index (χ2v) is 5.16. The summed E-state index contributed by atoms with van der Waals surface area (Å²) in [6.45, 7) is 8.48. The van der Waals surface area contributed by atoms with Gasteiger partial charge in [0.1, 0.15) is 17.6 Å². The van der Waals surface area contributed by atoms with Crippen LogP contribution < -0.4 is 0 Å². The molecule has 1 atom stereocenters. The van der Waals surface area contributed by atoms with Crippen LogP contribution in [-0.4, -0.2) is 14.9 Å². The first-order valence-electron chi connectivity index (χ1n) is 6.43. The van der Waals surface area contributed by atoms with Crippen LogP contribution in [0.15, 0.2) is 10.6 Å². The van der Waals surface area contributed by atoms with Crippen LogP contribution in [0.3, 0.4) is 0 Å². The van der Waals surface area contributed by atoms with Gasteiger partial charge in [-0.15, -0.1) is 0 Å². The van der Waals surface area contributed by atoms with Gasteiger partial charge in [-0.25, -0.2) is 0 Å². The molecule has 4 nitrogen and oxygen atoms in total. The monoisotopic (exact) mass is 282 g/mol. The van der Waals surface area contributed by atoms with E-state index < -0.39 is 6.10 Å². The van der Waals surface area contributed by atoms with E-state index in [9.17, 15) is 5.11 Å². The fourth-order valence-electron chi connectivity index (χ4n) is 2.38. The molecule has 1 unspecified atom stereocenters. The smallest absolute Gasteiger partial charge is 0.126 e. The zero-order chi connectivity index (χ0) is 14.2. The number of furan rings is 1. The van der Waals surface area contributed by atoms with E-state index in [2.05, 4.69) is 12.0 Å². The molecular weight excluding hydrogens is 264 g/mol. The van der Waals surface area contributed by atoms with Crippen molar-refractivity contribution >= 4 is 11.6 Å². The van der Waals surface area contributed by atoms with Crippen LogP contribution in [0.1, 0.15) is 47.8 Å². The van der Waals surface area contributed by atoms with Crippen molar-refractivity contribution in [1.82, 2.24) is 9.78 Å². The van der Waals surface area contributed by atoms with Gasteiger partial charge in [-0.1, -0.05) is 18.5 Å². The fraction of sp³-hybridized carbons (Fsp3) is 0.500. The topological polar surface area (TPSA) is 51.2 Å². The van der Waals surface area contributed by atoms with Crippen LogP contribution in [0.5, 0.6) is 0 Å². The summed E-state index contributed by atoms with van der Waals surface area (Å²) in [5, 5.41) is 15.3. The van der Waals surface area contributed by atoms with Gasteiger partial charge in [0.15, 0.2) is 0 Å². The average molecular weight is 283 g/mol. The molecule has 0 aliphatic heterocycles. The van der Waals surface area contributed by atoms with Crippen molar-refractivity contribution in [3.63, 3.8) is 0 Å². The summed E-state index contributed by atoms with van der Waals surface area (Å²) in [5.74, 6) is 1.55. The molecule has 0 radical (unpaired) electrons. The van der Waals surface area contributed by atoms with E-state index in [1.807, 2.05) is 20.8 Å². The molecule has 1 N–H and O–H groups in total. The van der Waals surface area contributed by atoms with Crippen molar-refractivity contribution in [3.05, 3.63) is 39.6 Å². The average Bonchev–Trinajstić information content (AvgIpc) is 2.81. The van der Waals surface area contributed by atoms with Gasteiger partial charge in [-0.2, -0.15) is 5.10 Å². The minimum Gasteiger partial charge on any atom is -0.466 e. The molecule has 0 amide bonds. The van der Waals surface area contributed by atoms with Crippen molar-refractivity contribution < 1.29 is 9.52 Å². The van der Waals surface area contributed by atoms with E-state index in [0.29, 0.717) is 10.7 Å². The molecule has 2 aromatic rings. The summed E-state index contributed by atoms with van der Waals surface area (Å²) in [5.41, 5.74) is 2.39. The van der Waals surface area contributed by atoms with Gasteiger partial charge in [0.25, 0.3) is 0 Å². The minimum atomic E-state index is -0.806. The zero-order valence-electron chi connectivity index (χ0n) is 11.7. The lowest BCUT2D eigenvalue weighted by molar-refractivity contribution is 0.204. The van der Waals surface area contributed by atoms with Crippen LogP contribution in [0.25, 0.3) is 0 Å². The molecule has 19 heavy (non-hydrogen) atoms. The van der Waals surface area contributed by atoms with Crippen molar-refractivity contribution in [3.8, 4) is 0 Å². The number of aromatic nitrogens is 2. The van der Waals surface area contributed by atoms with E-state index in [-0.39, 0.29) is 0 Å². The second kappa shape index (κ2) is 5.39. The van der Waals surface area contributed by atoms with E-state index in [1.165, 1.54) is 0 Å². The third kappa shape index (κ3) is 2.42. The molecule has 0 saturated heterocycles. The summed E-state index contributed by atoms with van der Waals surface area (Å²) in [4.78, 5) is 0. The minimum absolute atomic E-state index is 0.485. The highest BCUT2D eigenvalue weighted by atomic mass is 35.5. The summed E-state index contributed by atoms with van der Waals surface area (Å²) in [7, 11) is 0. The number of hydrogen-bond acceptors (Lipinski definition) is 3. The Labute approximate surface area is 118 Å². The van der Waals surface area contributed by atoms with Crippen molar-refractivity contribution in [1.29, 1.82) is 0 Å². The third-order valence-electron chi connectivity index (χ3n) is 3.42. The molecule has 2 aromatic heterocycles. The Morgan fingerprint density at radius 2 is 2.05 bits per heavy atom. The molecule has 2 heterocycles. The number of hydrogen-bond donors (Lipinski definition) is 1. The normalized spacial score (nSPS) is 12.9. The maximum absolute atomic E-state index is 10.6. The van der Waals surface area contributed by atoms with E-state index in [4.69, 9.17) is 16.0 Å². The van der Waals surface area contributed by atoms with E-state index in [0.717, 1.165) is 35.6 Å². The van der Waals surface area contributed by atoms with Gasteiger partial charge in [0.2, 0.25) is 0 Å². The van der Waals surface area contributed by atoms with Crippen molar-refractivity contribution in [2.24, 2.45) is 0 Å². The molecule has 0 saturated carbocycles. The van der Waals surface area contributed by atoms with Crippen LogP contribution in [0.4, 0.5) is 0 Å². The zero-order valence-corrected chi connectivity index (χ0v) is 12.5. The fourth-order valence-corrected chi connectivity index (χ4v) is 2.63. The van der Waals surface area contributed by atoms with Gasteiger partial charge in [-0.05, 0) is 32.8 Å². The lowest BCUT2D eigenvalue weighted by Crippen LogP contribution is -2.11. The first-order chi connectivity index (χ1) is 8.97. The lowest BCUT2D eigenvalue weighted by atomic mass is 10.0. The maximum atomic E-state index is 10.6. The number of aryl methyl sites for hydroxylation is 3. The summed E-state index contributed by atoms with van der Waals surface area (Å²) >= 11 is 6.16. The Balaban J connectivity index is 2.49. The molecule has 5 heteroatoms. The predicted octanol–water partition coefficient (Wildman–Crippen LogP) is 3.55. The van der Waals surface area contributed by atoms with Crippen LogP contribution in [0, 0.1) is 20.8 Å². The Morgan fingerprint density at radius 1 is 1.37 bits per heavy atom. The Morgan fingerprint density at radius 3 is 2.58 bits per heavy atom. The highest BCUT2D eigenvalue weighted by molar-refractivity contribution is 6.31. The molecule has 2 rings (SSSR count). The Kier molecular flexibility index (Phi) is 4.02. The maximum Gasteiger partial charge on any atom is 0.126 e. The first kappa shape index (κ1) is 14.2. The summed E-state index contributed by atoms with van der Waals surface area (Å²) in [6, 6.07) is 0. The Hall–Kier alpha value is -1.26. The summed E-state index contributed by atoms with van der Waals surface area (Å²) < 4.78 is 7.33. The third-order valence-corrected chi connectivity index (χ3v) is 3.71. The molecule has 104 valence electrons. The number of rotatable bonds is 4. The highest BCUT2D eigenvalue weighted by Gasteiger charge is 2.25. The van der Waals surface area contributed by atoms with Gasteiger partial charge < -0.3 is 9.52 Å². The molecule has 0 bridgehead atoms. The number of aliphatic hydroxyl groups is 1. The van der Waals surface area contributed by atoms with Gasteiger partial charge in [0.05, 0.1) is 16.9 Å². The largest absolute Gasteiger partial charge is 0.466 e. The standard InChI is InChI=1S/C14H19ClN2O2/c1-5-6-17-13(11(15)7-16-17)14(18)12-8(2)9(3)19-10(12)4/h7,14,18H,5-6H2,1-4H3. The van der Waals surface area contributed by atoms with Gasteiger partial charge in [0, 0.05) is 12.1 Å². The molecule has 0 fully saturated rings. The van der Waals surface area contributed by atoms with Crippen LogP contribution in [-0.2, 0) is 6.54 Å². The van der Waals surface area contributed by atoms with Crippen LogP contribution in [0.2, 0.25) is 5.02 Å². The predicted molar refractivity (Wildman–Crippen MR) is 74.5 cm³/mol. The van der Waals surface area contributed by atoms with E-state index in [1.54, 1.807) is 10.9 Å². The molecule has 0 aromatic carbocycles. The van der Waals surface area contributed by atoms with Gasteiger partial charge in [-0.3, -0.25) is 4.68 Å². The van der Waals surface area contributed by atoms with Crippen molar-refractivity contribution in [2.75, 3.05) is 0 Å². The molecule has 0 aliphatic rings. The molecular formula is C14H19ClN2O2. The number of nitrogens with zero attached hydrogens (tertiary/aromatic N) is 2. The second-order valence-electron chi connectivity index (χ2n) is 4.76. The van der Waals surface area contributed by atoms with Crippen molar-refractivity contribution in [2.45, 2.75) is 46.8 Å². The van der Waals surface area contributed by atoms with E-state index >= 15 is 0 Å². The van der Waals surface area contributed by atoms with Gasteiger partial charge >= 0.3 is 0 Å². The molecule has 0 aliphatic carbocycles. The molecule has 0 spiro atoms. The lowest BCUT2D eigenvalue weighted by Gasteiger charge is -2.14. The quantitative estimate of drug-likeness (QED) is 0.933. The first-order valence-corrected chi connectivity index (χ1v) is 6.80. The number of halogens is 1. The highest BCUT2D eigenvalue weighted by Crippen LogP contribution is 2.34.